The van der Waals surface area contributed by atoms with Gasteiger partial charge in [-0.3, -0.25) is 13.8 Å². The fraction of sp³-hybridized carbons (Fsp3) is 0.962. The van der Waals surface area contributed by atoms with Gasteiger partial charge in [-0.05, 0) is 6.42 Å². The van der Waals surface area contributed by atoms with Gasteiger partial charge in [0.2, 0.25) is 5.91 Å². The highest BCUT2D eigenvalue weighted by molar-refractivity contribution is 7.47. The van der Waals surface area contributed by atoms with Crippen molar-refractivity contribution in [1.82, 2.24) is 5.32 Å². The molecule has 0 aliphatic heterocycles. The predicted octanol–water partition coefficient (Wildman–Crippen LogP) is 5.83. The van der Waals surface area contributed by atoms with Crippen LogP contribution >= 0.6 is 7.82 Å². The van der Waals surface area contributed by atoms with Gasteiger partial charge in [0.25, 0.3) is 0 Å². The second-order valence-corrected chi connectivity index (χ2v) is 12.1. The van der Waals surface area contributed by atoms with Crippen molar-refractivity contribution in [2.24, 2.45) is 0 Å². The Hall–Kier alpha value is -0.500. The normalized spacial score (nSPS) is 14.6. The minimum Gasteiger partial charge on any atom is -0.379 e. The zero-order valence-corrected chi connectivity index (χ0v) is 24.3. The van der Waals surface area contributed by atoms with Crippen molar-refractivity contribution < 1.29 is 32.5 Å². The van der Waals surface area contributed by atoms with E-state index in [2.05, 4.69) is 12.2 Å². The molecule has 2 atom stereocenters. The van der Waals surface area contributed by atoms with E-state index in [1.54, 1.807) is 0 Å². The van der Waals surface area contributed by atoms with Crippen molar-refractivity contribution in [2.45, 2.75) is 110 Å². The van der Waals surface area contributed by atoms with E-state index in [9.17, 15) is 14.3 Å². The highest BCUT2D eigenvalue weighted by Gasteiger charge is 2.28. The number of carbonyl (C=O) groups excluding carboxylic acids is 1. The molecule has 0 aromatic rings. The molecule has 0 bridgehead atoms. The summed E-state index contributed by atoms with van der Waals surface area (Å²) in [6.07, 6.45) is 17.5. The Morgan fingerprint density at radius 3 is 1.80 bits per heavy atom. The molecule has 0 spiro atoms. The fourth-order valence-corrected chi connectivity index (χ4v) is 4.53. The maximum absolute atomic E-state index is 12.3. The molecule has 2 unspecified atom stereocenters. The van der Waals surface area contributed by atoms with E-state index in [-0.39, 0.29) is 25.7 Å². The van der Waals surface area contributed by atoms with Crippen molar-refractivity contribution in [2.75, 3.05) is 54.1 Å². The minimum absolute atomic E-state index is 0.0946. The summed E-state index contributed by atoms with van der Waals surface area (Å²) >= 11 is 0. The molecular formula is C26H56N2O6P+. The Bertz CT molecular complexity index is 556. The quantitative estimate of drug-likeness (QED) is 0.0888. The second-order valence-electron chi connectivity index (χ2n) is 10.7. The molecule has 8 nitrogen and oxygen atoms in total. The second kappa shape index (κ2) is 21.6. The number of phosphoric ester groups is 1. The van der Waals surface area contributed by atoms with Gasteiger partial charge in [-0.15, -0.1) is 0 Å². The van der Waals surface area contributed by atoms with E-state index in [4.69, 9.17) is 13.8 Å². The number of carbonyl (C=O) groups is 1. The first-order valence-electron chi connectivity index (χ1n) is 13.8. The molecule has 0 heterocycles. The van der Waals surface area contributed by atoms with Crippen molar-refractivity contribution in [1.29, 1.82) is 0 Å². The third-order valence-electron chi connectivity index (χ3n) is 5.82. The summed E-state index contributed by atoms with van der Waals surface area (Å²) in [4.78, 5) is 21.3. The largest absolute Gasteiger partial charge is 0.472 e. The number of likely N-dealkylation sites (N-methyl/N-ethyl adjacent to an activating group) is 1. The minimum atomic E-state index is -4.23. The lowest BCUT2D eigenvalue weighted by atomic mass is 10.0. The predicted molar refractivity (Wildman–Crippen MR) is 143 cm³/mol. The SMILES string of the molecule is CCCCCCCCCCCCCCCCOCC(CNC(C)=O)OP(=O)(O)OCC[N+](C)(C)C. The molecule has 35 heavy (non-hydrogen) atoms. The monoisotopic (exact) mass is 523 g/mol. The van der Waals surface area contributed by atoms with Crippen molar-refractivity contribution in [3.05, 3.63) is 0 Å². The lowest BCUT2D eigenvalue weighted by Gasteiger charge is -2.25. The molecule has 0 aromatic heterocycles. The standard InChI is InChI=1S/C26H55N2O6P/c1-6-7-8-9-10-11-12-13-14-15-16-17-18-19-21-32-24-26(23-27-25(2)29)34-35(30,31)33-22-20-28(3,4)5/h26H,6-24H2,1-5H3,(H-,27,29,30,31)/p+1. The van der Waals surface area contributed by atoms with Crippen LogP contribution in [0, 0.1) is 0 Å². The van der Waals surface area contributed by atoms with E-state index in [1.165, 1.54) is 84.0 Å². The number of hydrogen-bond donors (Lipinski definition) is 2. The average molecular weight is 524 g/mol. The Morgan fingerprint density at radius 2 is 1.34 bits per heavy atom. The number of rotatable bonds is 25. The number of quaternary nitrogens is 1. The maximum Gasteiger partial charge on any atom is 0.472 e. The maximum atomic E-state index is 12.3. The summed E-state index contributed by atoms with van der Waals surface area (Å²) in [6.45, 7) is 5.11. The third-order valence-corrected chi connectivity index (χ3v) is 6.90. The van der Waals surface area contributed by atoms with Crippen LogP contribution in [-0.4, -0.2) is 75.4 Å². The summed E-state index contributed by atoms with van der Waals surface area (Å²) in [5, 5.41) is 2.62. The highest BCUT2D eigenvalue weighted by atomic mass is 31.2. The highest BCUT2D eigenvalue weighted by Crippen LogP contribution is 2.44. The first-order valence-corrected chi connectivity index (χ1v) is 15.3. The van der Waals surface area contributed by atoms with Gasteiger partial charge in [-0.1, -0.05) is 90.4 Å². The summed E-state index contributed by atoms with van der Waals surface area (Å²) in [6, 6.07) is 0. The smallest absolute Gasteiger partial charge is 0.379 e. The number of unbranched alkanes of at least 4 members (excludes halogenated alkanes) is 13. The molecular weight excluding hydrogens is 467 g/mol. The van der Waals surface area contributed by atoms with Crippen LogP contribution in [0.1, 0.15) is 104 Å². The van der Waals surface area contributed by atoms with E-state index in [0.29, 0.717) is 17.6 Å². The van der Waals surface area contributed by atoms with Crippen LogP contribution in [0.5, 0.6) is 0 Å². The molecule has 9 heteroatoms. The lowest BCUT2D eigenvalue weighted by Crippen LogP contribution is -2.38. The van der Waals surface area contributed by atoms with Crippen LogP contribution in [-0.2, 0) is 23.1 Å². The molecule has 0 aromatic carbocycles. The van der Waals surface area contributed by atoms with Gasteiger partial charge < -0.3 is 19.4 Å². The summed E-state index contributed by atoms with van der Waals surface area (Å²) in [7, 11) is 1.68. The van der Waals surface area contributed by atoms with Gasteiger partial charge in [0.05, 0.1) is 27.7 Å². The van der Waals surface area contributed by atoms with Crippen molar-refractivity contribution in [3.8, 4) is 0 Å². The molecule has 0 aliphatic rings. The van der Waals surface area contributed by atoms with Gasteiger partial charge in [0, 0.05) is 20.1 Å². The first kappa shape index (κ1) is 34.5. The van der Waals surface area contributed by atoms with E-state index in [0.717, 1.165) is 12.8 Å². The molecule has 0 saturated heterocycles. The van der Waals surface area contributed by atoms with E-state index >= 15 is 0 Å². The molecule has 0 rings (SSSR count). The zero-order valence-electron chi connectivity index (χ0n) is 23.4. The molecule has 0 radical (unpaired) electrons. The van der Waals surface area contributed by atoms with Crippen LogP contribution < -0.4 is 5.32 Å². The van der Waals surface area contributed by atoms with Crippen LogP contribution in [0.3, 0.4) is 0 Å². The summed E-state index contributed by atoms with van der Waals surface area (Å²) in [5.74, 6) is -0.232. The molecule has 210 valence electrons. The fourth-order valence-electron chi connectivity index (χ4n) is 3.65. The van der Waals surface area contributed by atoms with Crippen LogP contribution in [0.15, 0.2) is 0 Å². The van der Waals surface area contributed by atoms with Crippen LogP contribution in [0.25, 0.3) is 0 Å². The lowest BCUT2D eigenvalue weighted by molar-refractivity contribution is -0.870. The van der Waals surface area contributed by atoms with Gasteiger partial charge in [-0.2, -0.15) is 0 Å². The number of nitrogens with zero attached hydrogens (tertiary/aromatic N) is 1. The molecule has 0 fully saturated rings. The van der Waals surface area contributed by atoms with Crippen molar-refractivity contribution >= 4 is 13.7 Å². The van der Waals surface area contributed by atoms with Crippen LogP contribution in [0.4, 0.5) is 0 Å². The number of amides is 1. The average Bonchev–Trinajstić information content (AvgIpc) is 2.75. The van der Waals surface area contributed by atoms with Gasteiger partial charge in [0.1, 0.15) is 19.3 Å². The molecule has 1 amide bonds. The summed E-state index contributed by atoms with van der Waals surface area (Å²) < 4.78 is 28.9. The molecule has 0 aliphatic carbocycles. The molecule has 0 saturated carbocycles. The Balaban J connectivity index is 3.87. The van der Waals surface area contributed by atoms with Gasteiger partial charge in [-0.25, -0.2) is 4.57 Å². The Labute approximate surface area is 215 Å². The van der Waals surface area contributed by atoms with E-state index in [1.807, 2.05) is 21.1 Å². The number of nitrogens with one attached hydrogen (secondary N) is 1. The van der Waals surface area contributed by atoms with Gasteiger partial charge in [0.15, 0.2) is 0 Å². The van der Waals surface area contributed by atoms with Crippen molar-refractivity contribution in [3.63, 3.8) is 0 Å². The van der Waals surface area contributed by atoms with E-state index < -0.39 is 13.9 Å². The van der Waals surface area contributed by atoms with Crippen LogP contribution in [0.2, 0.25) is 0 Å². The first-order chi connectivity index (χ1) is 16.6. The topological polar surface area (TPSA) is 94.1 Å². The molecule has 2 N–H and O–H groups in total. The summed E-state index contributed by atoms with van der Waals surface area (Å²) in [5.41, 5.74) is 0. The third kappa shape index (κ3) is 26.4. The number of hydrogen-bond acceptors (Lipinski definition) is 5. The number of ether oxygens (including phenoxy) is 1. The zero-order chi connectivity index (χ0) is 26.4. The Kier molecular flexibility index (Phi) is 21.3. The number of phosphoric acid groups is 1. The van der Waals surface area contributed by atoms with Gasteiger partial charge >= 0.3 is 7.82 Å². The Morgan fingerprint density at radius 1 is 0.857 bits per heavy atom.